The minimum Gasteiger partial charge on any atom is -0.452 e. The van der Waals surface area contributed by atoms with Crippen LogP contribution in [0.15, 0.2) is 69.0 Å². The van der Waals surface area contributed by atoms with Gasteiger partial charge in [-0.1, -0.05) is 13.8 Å². The fourth-order valence-electron chi connectivity index (χ4n) is 4.02. The van der Waals surface area contributed by atoms with Crippen molar-refractivity contribution in [1.29, 1.82) is 10.5 Å². The van der Waals surface area contributed by atoms with Crippen LogP contribution >= 0.6 is 22.7 Å². The van der Waals surface area contributed by atoms with Crippen molar-refractivity contribution in [3.05, 3.63) is 92.8 Å². The summed E-state index contributed by atoms with van der Waals surface area (Å²) in [5.74, 6) is 2.88. The fourth-order valence-corrected chi connectivity index (χ4v) is 5.65. The number of furan rings is 2. The lowest BCUT2D eigenvalue weighted by Gasteiger charge is -2.13. The Bertz CT molecular complexity index is 1800. The van der Waals surface area contributed by atoms with Crippen molar-refractivity contribution < 1.29 is 8.83 Å². The van der Waals surface area contributed by atoms with Gasteiger partial charge >= 0.3 is 0 Å². The highest BCUT2D eigenvalue weighted by atomic mass is 32.1. The molecule has 41 heavy (non-hydrogen) atoms. The van der Waals surface area contributed by atoms with Crippen LogP contribution < -0.4 is 0 Å². The molecule has 11 heteroatoms. The fraction of sp³-hybridized carbons (Fsp3) is 0.133. The maximum Gasteiger partial charge on any atom is 0.263 e. The standard InChI is InChI=1S/C30H19N7O2S2/c1-18(2)17-37-23(25-7-9-27(38-25)29-35-15-21(40-29)11-19(13-31)33-3)5-6-24(37)26-8-10-28(39-26)30-36-16-22(41-30)12-20(14-32)34-4/h5-12,15-16,18H,17H2,1-2H3/b19-11-,20-12+. The minimum atomic E-state index is 0.000767. The van der Waals surface area contributed by atoms with Crippen LogP contribution in [0.25, 0.3) is 66.3 Å². The summed E-state index contributed by atoms with van der Waals surface area (Å²) in [6.45, 7) is 19.1. The van der Waals surface area contributed by atoms with Gasteiger partial charge in [-0.05, 0) is 54.5 Å². The van der Waals surface area contributed by atoms with Crippen LogP contribution in [-0.2, 0) is 6.54 Å². The summed E-state index contributed by atoms with van der Waals surface area (Å²) >= 11 is 2.68. The second-order valence-electron chi connectivity index (χ2n) is 9.08. The monoisotopic (exact) mass is 573 g/mol. The zero-order valence-corrected chi connectivity index (χ0v) is 23.5. The van der Waals surface area contributed by atoms with Crippen molar-refractivity contribution in [2.24, 2.45) is 5.92 Å². The average molecular weight is 574 g/mol. The van der Waals surface area contributed by atoms with Crippen molar-refractivity contribution in [2.45, 2.75) is 20.4 Å². The van der Waals surface area contributed by atoms with E-state index in [0.717, 1.165) is 17.9 Å². The molecule has 0 saturated heterocycles. The van der Waals surface area contributed by atoms with Gasteiger partial charge in [0.05, 0.1) is 36.7 Å². The molecule has 0 radical (unpaired) electrons. The lowest BCUT2D eigenvalue weighted by Crippen LogP contribution is -2.07. The summed E-state index contributed by atoms with van der Waals surface area (Å²) in [5, 5.41) is 19.3. The van der Waals surface area contributed by atoms with Crippen LogP contribution in [0.5, 0.6) is 0 Å². The molecule has 0 spiro atoms. The highest BCUT2D eigenvalue weighted by Crippen LogP contribution is 2.37. The summed E-state index contributed by atoms with van der Waals surface area (Å²) in [5.41, 5.74) is 1.78. The van der Waals surface area contributed by atoms with Gasteiger partial charge in [-0.2, -0.15) is 0 Å². The zero-order chi connectivity index (χ0) is 28.9. The Kier molecular flexibility index (Phi) is 7.76. The molecule has 0 fully saturated rings. The van der Waals surface area contributed by atoms with Gasteiger partial charge in [0.15, 0.2) is 33.1 Å². The summed E-state index contributed by atoms with van der Waals surface area (Å²) in [7, 11) is 0. The molecular weight excluding hydrogens is 555 g/mol. The third-order valence-corrected chi connectivity index (χ3v) is 7.66. The largest absolute Gasteiger partial charge is 0.452 e. The average Bonchev–Trinajstić information content (AvgIpc) is 3.79. The maximum atomic E-state index is 9.02. The lowest BCUT2D eigenvalue weighted by molar-refractivity contribution is 0.513. The number of aromatic nitrogens is 3. The van der Waals surface area contributed by atoms with Gasteiger partial charge in [0, 0.05) is 28.7 Å². The van der Waals surface area contributed by atoms with E-state index in [-0.39, 0.29) is 11.4 Å². The van der Waals surface area contributed by atoms with E-state index < -0.39 is 0 Å². The van der Waals surface area contributed by atoms with Gasteiger partial charge in [0.2, 0.25) is 0 Å². The van der Waals surface area contributed by atoms with Crippen molar-refractivity contribution in [2.75, 3.05) is 0 Å². The van der Waals surface area contributed by atoms with E-state index in [9.17, 15) is 0 Å². The Labute approximate surface area is 243 Å². The predicted molar refractivity (Wildman–Crippen MR) is 157 cm³/mol. The number of hydrogen-bond acceptors (Lipinski definition) is 8. The predicted octanol–water partition coefficient (Wildman–Crippen LogP) is 8.48. The maximum absolute atomic E-state index is 9.02. The first-order valence-electron chi connectivity index (χ1n) is 12.2. The molecule has 5 heterocycles. The molecule has 5 rings (SSSR count). The van der Waals surface area contributed by atoms with Crippen LogP contribution in [0.1, 0.15) is 23.6 Å². The normalized spacial score (nSPS) is 11.7. The van der Waals surface area contributed by atoms with Gasteiger partial charge in [-0.25, -0.2) is 30.2 Å². The summed E-state index contributed by atoms with van der Waals surface area (Å²) in [6, 6.07) is 15.2. The van der Waals surface area contributed by atoms with E-state index in [1.807, 2.05) is 48.5 Å². The molecule has 198 valence electrons. The Morgan fingerprint density at radius 2 is 1.27 bits per heavy atom. The molecule has 9 nitrogen and oxygen atoms in total. The Balaban J connectivity index is 1.45. The quantitative estimate of drug-likeness (QED) is 0.136. The lowest BCUT2D eigenvalue weighted by atomic mass is 10.2. The summed E-state index contributed by atoms with van der Waals surface area (Å²) < 4.78 is 14.6. The van der Waals surface area contributed by atoms with Crippen LogP contribution in [0.3, 0.4) is 0 Å². The van der Waals surface area contributed by atoms with Gasteiger partial charge in [0.1, 0.15) is 0 Å². The van der Waals surface area contributed by atoms with Crippen molar-refractivity contribution in [1.82, 2.24) is 14.5 Å². The first kappa shape index (κ1) is 27.1. The van der Waals surface area contributed by atoms with Crippen molar-refractivity contribution in [3.63, 3.8) is 0 Å². The van der Waals surface area contributed by atoms with E-state index in [4.69, 9.17) is 32.5 Å². The molecule has 0 amide bonds. The Morgan fingerprint density at radius 3 is 1.66 bits per heavy atom. The molecule has 0 N–H and O–H groups in total. The molecule has 0 saturated carbocycles. The molecule has 5 aromatic rings. The van der Waals surface area contributed by atoms with Gasteiger partial charge in [-0.3, -0.25) is 0 Å². The Morgan fingerprint density at radius 1 is 0.829 bits per heavy atom. The van der Waals surface area contributed by atoms with E-state index in [2.05, 4.69) is 38.1 Å². The SMILES string of the molecule is [C-]#[N+]/C(C#N)=C\c1cnc(-c2ccc(-c3ccc(-c4ccc(-c5ncc(/C=C(\C#N)[N+]#[C-])s5)o4)n3CC(C)C)o2)s1. The molecule has 0 aliphatic heterocycles. The van der Waals surface area contributed by atoms with Crippen LogP contribution in [0.2, 0.25) is 0 Å². The molecule has 0 atom stereocenters. The Hall–Kier alpha value is -5.46. The molecule has 0 bridgehead atoms. The molecule has 0 aliphatic carbocycles. The van der Waals surface area contributed by atoms with Crippen LogP contribution in [0.4, 0.5) is 0 Å². The molecule has 0 unspecified atom stereocenters. The number of rotatable bonds is 8. The number of nitriles is 2. The molecular formula is C30H19N7O2S2. The number of nitrogens with zero attached hydrogens (tertiary/aromatic N) is 7. The second kappa shape index (κ2) is 11.7. The van der Waals surface area contributed by atoms with E-state index in [0.29, 0.717) is 48.7 Å². The summed E-state index contributed by atoms with van der Waals surface area (Å²) in [4.78, 5) is 16.6. The highest BCUT2D eigenvalue weighted by molar-refractivity contribution is 7.16. The number of thiazole rings is 2. The smallest absolute Gasteiger partial charge is 0.263 e. The van der Waals surface area contributed by atoms with E-state index >= 15 is 0 Å². The first-order valence-corrected chi connectivity index (χ1v) is 13.9. The minimum absolute atomic E-state index is 0.000767. The highest BCUT2D eigenvalue weighted by Gasteiger charge is 2.20. The van der Waals surface area contributed by atoms with Crippen molar-refractivity contribution in [3.8, 4) is 56.6 Å². The topological polar surface area (TPSA) is 113 Å². The first-order chi connectivity index (χ1) is 19.9. The number of hydrogen-bond donors (Lipinski definition) is 0. The van der Waals surface area contributed by atoms with E-state index in [1.165, 1.54) is 34.8 Å². The van der Waals surface area contributed by atoms with Gasteiger partial charge in [-0.15, -0.1) is 22.7 Å². The zero-order valence-electron chi connectivity index (χ0n) is 21.8. The van der Waals surface area contributed by atoms with Crippen LogP contribution in [-0.4, -0.2) is 14.5 Å². The third kappa shape index (κ3) is 5.78. The third-order valence-electron chi connectivity index (χ3n) is 5.74. The number of allylic oxidation sites excluding steroid dienone is 2. The van der Waals surface area contributed by atoms with Gasteiger partial charge < -0.3 is 13.4 Å². The van der Waals surface area contributed by atoms with Crippen LogP contribution in [0, 0.1) is 41.7 Å². The van der Waals surface area contributed by atoms with Crippen molar-refractivity contribution >= 4 is 34.8 Å². The molecule has 0 aromatic carbocycles. The molecule has 0 aliphatic rings. The van der Waals surface area contributed by atoms with E-state index in [1.54, 1.807) is 12.4 Å². The van der Waals surface area contributed by atoms with Gasteiger partial charge in [0.25, 0.3) is 11.4 Å². The second-order valence-corrected chi connectivity index (χ2v) is 11.2. The summed E-state index contributed by atoms with van der Waals surface area (Å²) in [6.07, 6.45) is 6.26. The molecule has 5 aromatic heterocycles.